The average molecular weight is 363 g/mol. The average Bonchev–Trinajstić information content (AvgIpc) is 3.04. The summed E-state index contributed by atoms with van der Waals surface area (Å²) in [6, 6.07) is 3.96. The van der Waals surface area contributed by atoms with E-state index in [9.17, 15) is 4.79 Å². The maximum atomic E-state index is 12.4. The van der Waals surface area contributed by atoms with Crippen molar-refractivity contribution in [2.24, 2.45) is 0 Å². The van der Waals surface area contributed by atoms with Crippen molar-refractivity contribution in [3.63, 3.8) is 0 Å². The van der Waals surface area contributed by atoms with Crippen molar-refractivity contribution in [3.8, 4) is 0 Å². The summed E-state index contributed by atoms with van der Waals surface area (Å²) in [6.45, 7) is 1.56. The number of nitrogens with zero attached hydrogens (tertiary/aromatic N) is 4. The number of hydrogen-bond acceptors (Lipinski definition) is 5. The first-order chi connectivity index (χ1) is 11.7. The zero-order chi connectivity index (χ0) is 16.5. The molecule has 0 radical (unpaired) electrons. The van der Waals surface area contributed by atoms with Gasteiger partial charge in [-0.15, -0.1) is 0 Å². The topological polar surface area (TPSA) is 51.0 Å². The van der Waals surface area contributed by atoms with E-state index in [2.05, 4.69) is 15.0 Å². The van der Waals surface area contributed by atoms with E-state index in [1.54, 1.807) is 23.1 Å². The lowest BCUT2D eigenvalue weighted by Crippen LogP contribution is -2.38. The highest BCUT2D eigenvalue weighted by Gasteiger charge is 2.27. The number of thioether (sulfide) groups is 1. The quantitative estimate of drug-likeness (QED) is 0.840. The Morgan fingerprint density at radius 3 is 3.21 bits per heavy atom. The van der Waals surface area contributed by atoms with Gasteiger partial charge < -0.3 is 4.90 Å². The standard InChI is InChI=1S/C17H19ClN4OS/c18-14-9-19-5-3-16(14)21-6-1-2-13(21)10-22-17(23)8-12-11-24-7-4-15(12)20-22/h3,5,8-9,13H,1-2,4,6-7,10-11H2. The van der Waals surface area contributed by atoms with Crippen LogP contribution in [0.5, 0.6) is 0 Å². The molecular weight excluding hydrogens is 344 g/mol. The summed E-state index contributed by atoms with van der Waals surface area (Å²) >= 11 is 8.18. The lowest BCUT2D eigenvalue weighted by Gasteiger charge is -2.28. The minimum absolute atomic E-state index is 0.00363. The Labute approximate surface area is 150 Å². The van der Waals surface area contributed by atoms with E-state index in [0.717, 1.165) is 54.3 Å². The Balaban J connectivity index is 1.61. The van der Waals surface area contributed by atoms with Gasteiger partial charge in [0, 0.05) is 43.2 Å². The number of aryl methyl sites for hydroxylation is 1. The number of rotatable bonds is 3. The summed E-state index contributed by atoms with van der Waals surface area (Å²) in [6.07, 6.45) is 6.52. The molecule has 2 aromatic rings. The highest BCUT2D eigenvalue weighted by Crippen LogP contribution is 2.31. The first-order valence-electron chi connectivity index (χ1n) is 8.26. The maximum Gasteiger partial charge on any atom is 0.267 e. The number of hydrogen-bond donors (Lipinski definition) is 0. The molecule has 1 saturated heterocycles. The van der Waals surface area contributed by atoms with E-state index < -0.39 is 0 Å². The number of fused-ring (bicyclic) bond motifs is 1. The fraction of sp³-hybridized carbons (Fsp3) is 0.471. The number of anilines is 1. The van der Waals surface area contributed by atoms with Gasteiger partial charge in [0.25, 0.3) is 5.56 Å². The molecule has 0 bridgehead atoms. The number of halogens is 1. The summed E-state index contributed by atoms with van der Waals surface area (Å²) in [5.74, 6) is 1.99. The molecular formula is C17H19ClN4OS. The summed E-state index contributed by atoms with van der Waals surface area (Å²) in [4.78, 5) is 18.8. The summed E-state index contributed by atoms with van der Waals surface area (Å²) in [7, 11) is 0. The monoisotopic (exact) mass is 362 g/mol. The van der Waals surface area contributed by atoms with Crippen LogP contribution in [0.15, 0.2) is 29.3 Å². The molecule has 4 heterocycles. The maximum absolute atomic E-state index is 12.4. The Morgan fingerprint density at radius 1 is 1.42 bits per heavy atom. The molecule has 1 fully saturated rings. The van der Waals surface area contributed by atoms with Gasteiger partial charge in [-0.1, -0.05) is 11.6 Å². The fourth-order valence-corrected chi connectivity index (χ4v) is 4.71. The summed E-state index contributed by atoms with van der Waals surface area (Å²) in [5, 5.41) is 5.31. The second kappa shape index (κ2) is 6.76. The van der Waals surface area contributed by atoms with Crippen molar-refractivity contribution < 1.29 is 0 Å². The molecule has 7 heteroatoms. The molecule has 126 valence electrons. The Bertz CT molecular complexity index is 809. The normalized spacial score (nSPS) is 20.2. The molecule has 0 amide bonds. The van der Waals surface area contributed by atoms with Crippen LogP contribution in [0, 0.1) is 0 Å². The van der Waals surface area contributed by atoms with E-state index in [1.165, 1.54) is 0 Å². The Hall–Kier alpha value is -1.53. The number of pyridine rings is 1. The predicted octanol–water partition coefficient (Wildman–Crippen LogP) is 2.75. The first-order valence-corrected chi connectivity index (χ1v) is 9.79. The van der Waals surface area contributed by atoms with Crippen LogP contribution in [-0.2, 0) is 18.7 Å². The third-order valence-electron chi connectivity index (χ3n) is 4.73. The third-order valence-corrected chi connectivity index (χ3v) is 6.03. The molecule has 0 N–H and O–H groups in total. The largest absolute Gasteiger partial charge is 0.365 e. The van der Waals surface area contributed by atoms with Crippen LogP contribution < -0.4 is 10.5 Å². The molecule has 0 aliphatic carbocycles. The second-order valence-corrected chi connectivity index (χ2v) is 7.77. The van der Waals surface area contributed by atoms with Crippen molar-refractivity contribution in [2.45, 2.75) is 37.6 Å². The van der Waals surface area contributed by atoms with Crippen LogP contribution >= 0.6 is 23.4 Å². The van der Waals surface area contributed by atoms with Gasteiger partial charge in [-0.3, -0.25) is 9.78 Å². The van der Waals surface area contributed by atoms with Crippen LogP contribution in [0.3, 0.4) is 0 Å². The molecule has 2 aromatic heterocycles. The van der Waals surface area contributed by atoms with Crippen molar-refractivity contribution in [1.82, 2.24) is 14.8 Å². The first kappa shape index (κ1) is 16.0. The molecule has 0 saturated carbocycles. The SMILES string of the molecule is O=c1cc2c(nn1CC1CCCN1c1ccncc1Cl)CCSC2. The van der Waals surface area contributed by atoms with Crippen molar-refractivity contribution >= 4 is 29.1 Å². The zero-order valence-electron chi connectivity index (χ0n) is 13.3. The van der Waals surface area contributed by atoms with Gasteiger partial charge in [0.15, 0.2) is 0 Å². The smallest absolute Gasteiger partial charge is 0.267 e. The van der Waals surface area contributed by atoms with Crippen LogP contribution in [0.4, 0.5) is 5.69 Å². The molecule has 2 aliphatic rings. The van der Waals surface area contributed by atoms with Crippen LogP contribution in [0.1, 0.15) is 24.1 Å². The van der Waals surface area contributed by atoms with E-state index in [0.29, 0.717) is 11.6 Å². The van der Waals surface area contributed by atoms with Crippen molar-refractivity contribution in [3.05, 3.63) is 51.2 Å². The Kier molecular flexibility index (Phi) is 4.50. The zero-order valence-corrected chi connectivity index (χ0v) is 14.9. The lowest BCUT2D eigenvalue weighted by molar-refractivity contribution is 0.481. The fourth-order valence-electron chi connectivity index (χ4n) is 3.53. The molecule has 2 aliphatic heterocycles. The van der Waals surface area contributed by atoms with Gasteiger partial charge in [0.2, 0.25) is 0 Å². The molecule has 24 heavy (non-hydrogen) atoms. The van der Waals surface area contributed by atoms with Gasteiger partial charge in [-0.25, -0.2) is 4.68 Å². The molecule has 0 spiro atoms. The van der Waals surface area contributed by atoms with Gasteiger partial charge in [-0.2, -0.15) is 16.9 Å². The lowest BCUT2D eigenvalue weighted by atomic mass is 10.2. The summed E-state index contributed by atoms with van der Waals surface area (Å²) in [5.41, 5.74) is 3.19. The molecule has 5 nitrogen and oxygen atoms in total. The minimum atomic E-state index is 0.00363. The van der Waals surface area contributed by atoms with E-state index in [4.69, 9.17) is 11.6 Å². The molecule has 0 aromatic carbocycles. The van der Waals surface area contributed by atoms with Gasteiger partial charge in [0.05, 0.1) is 22.9 Å². The van der Waals surface area contributed by atoms with Crippen molar-refractivity contribution in [1.29, 1.82) is 0 Å². The van der Waals surface area contributed by atoms with Gasteiger partial charge >= 0.3 is 0 Å². The number of aromatic nitrogens is 3. The van der Waals surface area contributed by atoms with Gasteiger partial charge in [0.1, 0.15) is 0 Å². The van der Waals surface area contributed by atoms with Crippen molar-refractivity contribution in [2.75, 3.05) is 17.2 Å². The van der Waals surface area contributed by atoms with E-state index in [1.807, 2.05) is 17.8 Å². The molecule has 4 rings (SSSR count). The molecule has 1 atom stereocenters. The predicted molar refractivity (Wildman–Crippen MR) is 98.0 cm³/mol. The van der Waals surface area contributed by atoms with Crippen LogP contribution in [0.2, 0.25) is 5.02 Å². The third kappa shape index (κ3) is 3.05. The summed E-state index contributed by atoms with van der Waals surface area (Å²) < 4.78 is 1.65. The van der Waals surface area contributed by atoms with Gasteiger partial charge in [-0.05, 0) is 30.2 Å². The molecule has 1 unspecified atom stereocenters. The second-order valence-electron chi connectivity index (χ2n) is 6.26. The Morgan fingerprint density at radius 2 is 2.33 bits per heavy atom. The van der Waals surface area contributed by atoms with Crippen LogP contribution in [-0.4, -0.2) is 33.1 Å². The minimum Gasteiger partial charge on any atom is -0.365 e. The van der Waals surface area contributed by atoms with E-state index in [-0.39, 0.29) is 11.6 Å². The van der Waals surface area contributed by atoms with Crippen LogP contribution in [0.25, 0.3) is 0 Å². The highest BCUT2D eigenvalue weighted by molar-refractivity contribution is 7.98. The van der Waals surface area contributed by atoms with E-state index >= 15 is 0 Å². The highest BCUT2D eigenvalue weighted by atomic mass is 35.5.